The molecule has 8 aliphatic carbocycles. The zero-order chi connectivity index (χ0) is 33.9. The van der Waals surface area contributed by atoms with Crippen LogP contribution in [-0.2, 0) is 6.16 Å². The summed E-state index contributed by atoms with van der Waals surface area (Å²) in [6, 6.07) is 19.0. The minimum Gasteiger partial charge on any atom is -0.361 e. The van der Waals surface area contributed by atoms with E-state index in [1.165, 1.54) is 87.9 Å². The molecule has 0 amide bonds. The van der Waals surface area contributed by atoms with E-state index in [4.69, 9.17) is 0 Å². The van der Waals surface area contributed by atoms with Gasteiger partial charge < -0.3 is 9.97 Å². The molecule has 2 nitrogen and oxygen atoms in total. The summed E-state index contributed by atoms with van der Waals surface area (Å²) in [4.78, 5) is 7.30. The Balaban J connectivity index is 1.12. The van der Waals surface area contributed by atoms with Crippen LogP contribution in [-0.4, -0.2) is 20.3 Å². The van der Waals surface area contributed by atoms with Gasteiger partial charge in [-0.15, -0.1) is 17.2 Å². The fourth-order valence-electron chi connectivity index (χ4n) is 13.8. The summed E-state index contributed by atoms with van der Waals surface area (Å²) < 4.78 is 0. The zero-order valence-corrected chi connectivity index (χ0v) is 34.2. The van der Waals surface area contributed by atoms with Crippen LogP contribution in [0.15, 0.2) is 60.9 Å². The van der Waals surface area contributed by atoms with Gasteiger partial charge in [-0.2, -0.15) is 0 Å². The molecule has 2 aromatic heterocycles. The molecular formula is C44H63N2P3. The van der Waals surface area contributed by atoms with E-state index in [9.17, 15) is 0 Å². The number of benzene rings is 1. The quantitative estimate of drug-likeness (QED) is 0.207. The molecule has 49 heavy (non-hydrogen) atoms. The van der Waals surface area contributed by atoms with Crippen LogP contribution in [0.3, 0.4) is 0 Å². The van der Waals surface area contributed by atoms with E-state index in [1.807, 2.05) is 0 Å². The Labute approximate surface area is 302 Å². The summed E-state index contributed by atoms with van der Waals surface area (Å²) in [5.74, 6) is 3.91. The van der Waals surface area contributed by atoms with Crippen molar-refractivity contribution in [3.05, 3.63) is 72.1 Å². The largest absolute Gasteiger partial charge is 0.361 e. The van der Waals surface area contributed by atoms with Gasteiger partial charge in [0.2, 0.25) is 0 Å². The van der Waals surface area contributed by atoms with Gasteiger partial charge in [0, 0.05) is 34.8 Å². The first-order chi connectivity index (χ1) is 23.3. The zero-order valence-electron chi connectivity index (χ0n) is 31.3. The molecule has 11 rings (SSSR count). The summed E-state index contributed by atoms with van der Waals surface area (Å²) in [6.45, 7) is 15.6. The highest BCUT2D eigenvalue weighted by molar-refractivity contribution is 7.71. The highest BCUT2D eigenvalue weighted by Crippen LogP contribution is 2.78. The average Bonchev–Trinajstić information content (AvgIpc) is 3.73. The molecule has 0 radical (unpaired) electrons. The first-order valence-electron chi connectivity index (χ1n) is 19.9. The van der Waals surface area contributed by atoms with Crippen molar-refractivity contribution in [3.63, 3.8) is 0 Å². The van der Waals surface area contributed by atoms with Crippen LogP contribution in [0.4, 0.5) is 0 Å². The number of H-pyrrole nitrogens is 2. The van der Waals surface area contributed by atoms with Crippen molar-refractivity contribution >= 4 is 36.0 Å². The van der Waals surface area contributed by atoms with Crippen molar-refractivity contribution in [2.45, 2.75) is 140 Å². The Morgan fingerprint density at radius 2 is 1.08 bits per heavy atom. The number of aromatic nitrogens is 2. The van der Waals surface area contributed by atoms with E-state index in [0.717, 1.165) is 52.4 Å². The van der Waals surface area contributed by atoms with E-state index >= 15 is 0 Å². The molecule has 8 bridgehead atoms. The van der Waals surface area contributed by atoms with Gasteiger partial charge in [0.05, 0.1) is 0 Å². The smallest absolute Gasteiger partial charge is 0.0448 e. The molecule has 8 fully saturated rings. The molecule has 6 atom stereocenters. The van der Waals surface area contributed by atoms with Crippen molar-refractivity contribution in [1.29, 1.82) is 0 Å². The topological polar surface area (TPSA) is 31.6 Å². The minimum atomic E-state index is -0.510. The van der Waals surface area contributed by atoms with Gasteiger partial charge in [0.1, 0.15) is 0 Å². The summed E-state index contributed by atoms with van der Waals surface area (Å²) in [6.07, 6.45) is 23.7. The molecule has 8 aliphatic rings. The van der Waals surface area contributed by atoms with Crippen LogP contribution in [0.1, 0.15) is 135 Å². The lowest BCUT2D eigenvalue weighted by Gasteiger charge is -2.68. The van der Waals surface area contributed by atoms with Crippen LogP contribution < -0.4 is 10.9 Å². The van der Waals surface area contributed by atoms with Gasteiger partial charge in [0.15, 0.2) is 0 Å². The molecule has 264 valence electrons. The normalized spacial score (nSPS) is 39.0. The van der Waals surface area contributed by atoms with Crippen molar-refractivity contribution in [3.8, 4) is 0 Å². The Morgan fingerprint density at radius 3 is 1.49 bits per heavy atom. The van der Waals surface area contributed by atoms with Crippen LogP contribution in [0.25, 0.3) is 0 Å². The highest BCUT2D eigenvalue weighted by atomic mass is 31.1. The van der Waals surface area contributed by atoms with Crippen molar-refractivity contribution < 1.29 is 0 Å². The number of hydrogen-bond acceptors (Lipinski definition) is 0. The van der Waals surface area contributed by atoms with Crippen molar-refractivity contribution in [2.75, 3.05) is 0 Å². The molecule has 0 spiro atoms. The lowest BCUT2D eigenvalue weighted by Crippen LogP contribution is -2.58. The standard InChI is InChI=1S/C44H63N2P3/c1-39(2,3)41-19-30-17-31(20-41)24-43(23-30,28-41)47-38(48-44-25-32-18-33(26-44)22-42(21-32,29-44)40(4,5)6)35-12-8-7-11-34(35)27-49(36-13-9-15-45-36)37-14-10-16-46-37/h7-16,30-33,38,45-48H,17-29H2,1-6H3. The van der Waals surface area contributed by atoms with Crippen LogP contribution >= 0.6 is 25.1 Å². The third kappa shape index (κ3) is 5.83. The van der Waals surface area contributed by atoms with Gasteiger partial charge in [-0.05, 0) is 176 Å². The number of aromatic amines is 2. The predicted molar refractivity (Wildman–Crippen MR) is 216 cm³/mol. The molecular weight excluding hydrogens is 649 g/mol. The monoisotopic (exact) mass is 712 g/mol. The summed E-state index contributed by atoms with van der Waals surface area (Å²) in [5.41, 5.74) is 8.14. The molecule has 3 aromatic rings. The van der Waals surface area contributed by atoms with Crippen molar-refractivity contribution in [2.24, 2.45) is 45.3 Å². The van der Waals surface area contributed by atoms with Gasteiger partial charge in [-0.1, -0.05) is 65.8 Å². The fraction of sp³-hybridized carbons (Fsp3) is 0.682. The van der Waals surface area contributed by atoms with Crippen LogP contribution in [0.5, 0.6) is 0 Å². The maximum absolute atomic E-state index is 3.65. The summed E-state index contributed by atoms with van der Waals surface area (Å²) in [7, 11) is 1.66. The third-order valence-electron chi connectivity index (χ3n) is 15.6. The molecule has 5 heteroatoms. The second kappa shape index (κ2) is 11.8. The number of rotatable bonds is 9. The molecule has 2 N–H and O–H groups in total. The molecule has 1 aromatic carbocycles. The fourth-order valence-corrected chi connectivity index (χ4v) is 22.8. The van der Waals surface area contributed by atoms with Gasteiger partial charge in [-0.25, -0.2) is 0 Å². The number of hydrogen-bond donors (Lipinski definition) is 2. The average molecular weight is 713 g/mol. The van der Waals surface area contributed by atoms with Gasteiger partial charge >= 0.3 is 0 Å². The van der Waals surface area contributed by atoms with Crippen LogP contribution in [0.2, 0.25) is 0 Å². The molecule has 6 unspecified atom stereocenters. The molecule has 0 saturated heterocycles. The molecule has 8 saturated carbocycles. The first-order valence-corrected chi connectivity index (χ1v) is 23.6. The van der Waals surface area contributed by atoms with E-state index in [-0.39, 0.29) is 0 Å². The maximum Gasteiger partial charge on any atom is 0.0448 e. The second-order valence-corrected chi connectivity index (χ2v) is 27.2. The Kier molecular flexibility index (Phi) is 8.15. The van der Waals surface area contributed by atoms with Crippen LogP contribution in [0, 0.1) is 45.3 Å². The highest BCUT2D eigenvalue weighted by Gasteiger charge is 2.63. The number of nitrogens with one attached hydrogen (secondary N) is 2. The van der Waals surface area contributed by atoms with E-state index in [2.05, 4.69) is 112 Å². The lowest BCUT2D eigenvalue weighted by molar-refractivity contribution is -0.103. The van der Waals surface area contributed by atoms with E-state index < -0.39 is 7.92 Å². The Bertz CT molecular complexity index is 1520. The van der Waals surface area contributed by atoms with E-state index in [1.54, 1.807) is 11.1 Å². The summed E-state index contributed by atoms with van der Waals surface area (Å²) in [5, 5.41) is 1.85. The molecule has 2 heterocycles. The molecule has 0 aliphatic heterocycles. The van der Waals surface area contributed by atoms with Gasteiger partial charge in [0.25, 0.3) is 0 Å². The Morgan fingerprint density at radius 1 is 0.633 bits per heavy atom. The summed E-state index contributed by atoms with van der Waals surface area (Å²) >= 11 is 0. The SMILES string of the molecule is CC(C)(C)C12CC3CC(CC(PC(PC45CC6CC(C4)CC(C(C)(C)C)(C6)C5)c4ccccc4CP(c4ccc[nH]4)c4ccc[nH]4)(C3)C1)C2. The Hall–Kier alpha value is -0.930. The lowest BCUT2D eigenvalue weighted by atomic mass is 9.43. The second-order valence-electron chi connectivity index (χ2n) is 20.7. The predicted octanol–water partition coefficient (Wildman–Crippen LogP) is 12.1. The van der Waals surface area contributed by atoms with Gasteiger partial charge in [-0.3, -0.25) is 0 Å². The third-order valence-corrected chi connectivity index (χ3v) is 22.5. The first kappa shape index (κ1) is 33.9. The van der Waals surface area contributed by atoms with Crippen molar-refractivity contribution in [1.82, 2.24) is 9.97 Å². The maximum atomic E-state index is 3.65. The minimum absolute atomic E-state index is 0.414. The van der Waals surface area contributed by atoms with E-state index in [0.29, 0.717) is 32.0 Å².